The molecule has 1 heterocycles. The van der Waals surface area contributed by atoms with E-state index in [4.69, 9.17) is 4.74 Å². The summed E-state index contributed by atoms with van der Waals surface area (Å²) in [6.45, 7) is 4.03. The van der Waals surface area contributed by atoms with Crippen LogP contribution in [-0.4, -0.2) is 30.8 Å². The molecule has 1 aromatic carbocycles. The van der Waals surface area contributed by atoms with Gasteiger partial charge >= 0.3 is 5.97 Å². The Morgan fingerprint density at radius 1 is 1.42 bits per heavy atom. The zero-order valence-corrected chi connectivity index (χ0v) is 11.3. The van der Waals surface area contributed by atoms with Crippen molar-refractivity contribution < 1.29 is 14.6 Å². The lowest BCUT2D eigenvalue weighted by atomic mass is 9.85. The predicted octanol–water partition coefficient (Wildman–Crippen LogP) is 2.07. The molecule has 0 aliphatic carbocycles. The monoisotopic (exact) mass is 263 g/mol. The van der Waals surface area contributed by atoms with Gasteiger partial charge in [-0.2, -0.15) is 0 Å². The second-order valence-electron chi connectivity index (χ2n) is 5.11. The molecule has 0 radical (unpaired) electrons. The largest absolute Gasteiger partial charge is 0.492 e. The summed E-state index contributed by atoms with van der Waals surface area (Å²) in [5, 5.41) is 12.6. The van der Waals surface area contributed by atoms with E-state index in [1.807, 2.05) is 31.2 Å². The number of hydrogen-bond donors (Lipinski definition) is 2. The van der Waals surface area contributed by atoms with Crippen LogP contribution in [0.15, 0.2) is 24.3 Å². The van der Waals surface area contributed by atoms with E-state index in [2.05, 4.69) is 5.32 Å². The lowest BCUT2D eigenvalue weighted by molar-refractivity contribution is -0.145. The molecule has 2 N–H and O–H groups in total. The molecule has 1 fully saturated rings. The van der Waals surface area contributed by atoms with E-state index in [-0.39, 0.29) is 12.5 Å². The summed E-state index contributed by atoms with van der Waals surface area (Å²) in [4.78, 5) is 11.4. The summed E-state index contributed by atoms with van der Waals surface area (Å²) in [7, 11) is 0. The summed E-state index contributed by atoms with van der Waals surface area (Å²) in [5.41, 5.74) is 1.04. The number of hydrogen-bond acceptors (Lipinski definition) is 3. The zero-order chi connectivity index (χ0) is 13.7. The fourth-order valence-corrected chi connectivity index (χ4v) is 2.55. The number of benzene rings is 1. The number of carboxylic acid groups (broad SMARTS) is 1. The van der Waals surface area contributed by atoms with Crippen LogP contribution < -0.4 is 10.1 Å². The first-order valence-electron chi connectivity index (χ1n) is 6.80. The minimum Gasteiger partial charge on any atom is -0.492 e. The summed E-state index contributed by atoms with van der Waals surface area (Å²) >= 11 is 0. The van der Waals surface area contributed by atoms with Gasteiger partial charge in [0.15, 0.2) is 0 Å². The number of rotatable bonds is 5. The number of carboxylic acids is 1. The van der Waals surface area contributed by atoms with Gasteiger partial charge in [-0.05, 0) is 50.4 Å². The second kappa shape index (κ2) is 6.57. The van der Waals surface area contributed by atoms with Crippen molar-refractivity contribution in [3.8, 4) is 5.75 Å². The van der Waals surface area contributed by atoms with Gasteiger partial charge in [0.25, 0.3) is 0 Å². The fourth-order valence-electron chi connectivity index (χ4n) is 2.55. The van der Waals surface area contributed by atoms with Gasteiger partial charge in [-0.3, -0.25) is 4.79 Å². The Morgan fingerprint density at radius 2 is 2.11 bits per heavy atom. The Hall–Kier alpha value is -1.55. The van der Waals surface area contributed by atoms with Gasteiger partial charge in [-0.25, -0.2) is 0 Å². The van der Waals surface area contributed by atoms with Gasteiger partial charge in [0.2, 0.25) is 0 Å². The molecule has 0 saturated carbocycles. The number of piperidine rings is 1. The van der Waals surface area contributed by atoms with E-state index in [0.717, 1.165) is 37.2 Å². The first-order valence-corrected chi connectivity index (χ1v) is 6.80. The molecule has 19 heavy (non-hydrogen) atoms. The summed E-state index contributed by atoms with van der Waals surface area (Å²) < 4.78 is 5.71. The van der Waals surface area contributed by atoms with Crippen LogP contribution in [0.25, 0.3) is 0 Å². The van der Waals surface area contributed by atoms with E-state index in [0.29, 0.717) is 0 Å². The lowest BCUT2D eigenvalue weighted by Gasteiger charge is -2.28. The molecule has 2 rings (SSSR count). The normalized spacial score (nSPS) is 17.9. The standard InChI is InChI=1S/C15H21NO3/c1-11-4-2-3-5-14(11)19-10-13(15(17)18)12-6-8-16-9-7-12/h2-5,12-13,16H,6-10H2,1H3,(H,17,18). The third kappa shape index (κ3) is 3.70. The zero-order valence-electron chi connectivity index (χ0n) is 11.3. The smallest absolute Gasteiger partial charge is 0.310 e. The highest BCUT2D eigenvalue weighted by Crippen LogP contribution is 2.24. The minimum absolute atomic E-state index is 0.211. The molecule has 0 aromatic heterocycles. The van der Waals surface area contributed by atoms with E-state index >= 15 is 0 Å². The number of carbonyl (C=O) groups is 1. The second-order valence-corrected chi connectivity index (χ2v) is 5.11. The number of aliphatic carboxylic acids is 1. The van der Waals surface area contributed by atoms with Crippen molar-refractivity contribution in [1.82, 2.24) is 5.32 Å². The lowest BCUT2D eigenvalue weighted by Crippen LogP contribution is -2.37. The molecule has 104 valence electrons. The Bertz CT molecular complexity index is 427. The SMILES string of the molecule is Cc1ccccc1OCC(C(=O)O)C1CCNCC1. The van der Waals surface area contributed by atoms with E-state index < -0.39 is 11.9 Å². The van der Waals surface area contributed by atoms with Crippen LogP contribution >= 0.6 is 0 Å². The van der Waals surface area contributed by atoms with Crippen molar-refractivity contribution >= 4 is 5.97 Å². The van der Waals surface area contributed by atoms with E-state index in [1.165, 1.54) is 0 Å². The quantitative estimate of drug-likeness (QED) is 0.854. The third-order valence-corrected chi connectivity index (χ3v) is 3.78. The highest BCUT2D eigenvalue weighted by Gasteiger charge is 2.30. The first-order chi connectivity index (χ1) is 9.18. The van der Waals surface area contributed by atoms with Crippen molar-refractivity contribution in [3.05, 3.63) is 29.8 Å². The van der Waals surface area contributed by atoms with Crippen LogP contribution in [0.2, 0.25) is 0 Å². The average molecular weight is 263 g/mol. The Kier molecular flexibility index (Phi) is 4.80. The maximum Gasteiger partial charge on any atom is 0.310 e. The third-order valence-electron chi connectivity index (χ3n) is 3.78. The topological polar surface area (TPSA) is 58.6 Å². The van der Waals surface area contributed by atoms with Gasteiger partial charge in [0.1, 0.15) is 12.4 Å². The molecule has 1 aliphatic rings. The number of para-hydroxylation sites is 1. The number of ether oxygens (including phenoxy) is 1. The molecular formula is C15H21NO3. The van der Waals surface area contributed by atoms with Crippen LogP contribution in [0, 0.1) is 18.8 Å². The maximum absolute atomic E-state index is 11.4. The molecule has 1 aromatic rings. The number of aryl methyl sites for hydroxylation is 1. The van der Waals surface area contributed by atoms with Crippen molar-refractivity contribution in [2.75, 3.05) is 19.7 Å². The Morgan fingerprint density at radius 3 is 2.74 bits per heavy atom. The Labute approximate surface area is 113 Å². The van der Waals surface area contributed by atoms with Crippen LogP contribution in [0.3, 0.4) is 0 Å². The highest BCUT2D eigenvalue weighted by atomic mass is 16.5. The molecular weight excluding hydrogens is 242 g/mol. The molecule has 4 heteroatoms. The van der Waals surface area contributed by atoms with Crippen molar-refractivity contribution in [3.63, 3.8) is 0 Å². The Balaban J connectivity index is 1.97. The van der Waals surface area contributed by atoms with Crippen LogP contribution in [-0.2, 0) is 4.79 Å². The van der Waals surface area contributed by atoms with Gasteiger partial charge in [0.05, 0.1) is 5.92 Å². The van der Waals surface area contributed by atoms with Crippen LogP contribution in [0.1, 0.15) is 18.4 Å². The fraction of sp³-hybridized carbons (Fsp3) is 0.533. The summed E-state index contributed by atoms with van der Waals surface area (Å²) in [6.07, 6.45) is 1.82. The van der Waals surface area contributed by atoms with Gasteiger partial charge in [-0.15, -0.1) is 0 Å². The van der Waals surface area contributed by atoms with Crippen molar-refractivity contribution in [2.24, 2.45) is 11.8 Å². The maximum atomic E-state index is 11.4. The van der Waals surface area contributed by atoms with Crippen LogP contribution in [0.5, 0.6) is 5.75 Å². The molecule has 1 aliphatic heterocycles. The average Bonchev–Trinajstić information content (AvgIpc) is 2.42. The molecule has 0 amide bonds. The van der Waals surface area contributed by atoms with E-state index in [1.54, 1.807) is 0 Å². The molecule has 1 unspecified atom stereocenters. The van der Waals surface area contributed by atoms with Gasteiger partial charge in [-0.1, -0.05) is 18.2 Å². The highest BCUT2D eigenvalue weighted by molar-refractivity contribution is 5.70. The molecule has 0 spiro atoms. The summed E-state index contributed by atoms with van der Waals surface area (Å²) in [5.74, 6) is -0.173. The minimum atomic E-state index is -0.750. The molecule has 4 nitrogen and oxygen atoms in total. The predicted molar refractivity (Wildman–Crippen MR) is 73.4 cm³/mol. The van der Waals surface area contributed by atoms with Gasteiger partial charge < -0.3 is 15.2 Å². The van der Waals surface area contributed by atoms with Crippen molar-refractivity contribution in [2.45, 2.75) is 19.8 Å². The van der Waals surface area contributed by atoms with Crippen molar-refractivity contribution in [1.29, 1.82) is 0 Å². The molecule has 1 atom stereocenters. The molecule has 1 saturated heterocycles. The molecule has 0 bridgehead atoms. The van der Waals surface area contributed by atoms with E-state index in [9.17, 15) is 9.90 Å². The van der Waals surface area contributed by atoms with Crippen LogP contribution in [0.4, 0.5) is 0 Å². The number of nitrogens with one attached hydrogen (secondary N) is 1. The first kappa shape index (κ1) is 13.9. The van der Waals surface area contributed by atoms with Gasteiger partial charge in [0, 0.05) is 0 Å². The summed E-state index contributed by atoms with van der Waals surface area (Å²) in [6, 6.07) is 7.71.